The second-order valence-corrected chi connectivity index (χ2v) is 2.83. The number of hydrazine groups is 1. The highest BCUT2D eigenvalue weighted by atomic mass is 15.6. The van der Waals surface area contributed by atoms with Gasteiger partial charge in [0.1, 0.15) is 0 Å². The molecule has 12 heavy (non-hydrogen) atoms. The Hall–Kier alpha value is -0.120. The van der Waals surface area contributed by atoms with E-state index >= 15 is 0 Å². The lowest BCUT2D eigenvalue weighted by molar-refractivity contribution is -0.0119. The molecule has 0 heterocycles. The van der Waals surface area contributed by atoms with Crippen LogP contribution in [0.15, 0.2) is 0 Å². The molecule has 0 saturated heterocycles. The van der Waals surface area contributed by atoms with Crippen molar-refractivity contribution in [2.45, 2.75) is 27.2 Å². The van der Waals surface area contributed by atoms with E-state index < -0.39 is 0 Å². The van der Waals surface area contributed by atoms with Crippen LogP contribution in [0, 0.1) is 0 Å². The Morgan fingerprint density at radius 1 is 0.917 bits per heavy atom. The van der Waals surface area contributed by atoms with Gasteiger partial charge in [-0.05, 0) is 13.0 Å². The van der Waals surface area contributed by atoms with Crippen molar-refractivity contribution >= 4 is 0 Å². The Morgan fingerprint density at radius 2 is 1.42 bits per heavy atom. The molecule has 0 atom stereocenters. The summed E-state index contributed by atoms with van der Waals surface area (Å²) in [5.74, 6) is 0. The van der Waals surface area contributed by atoms with Crippen molar-refractivity contribution in [3.05, 3.63) is 0 Å². The van der Waals surface area contributed by atoms with Crippen molar-refractivity contribution in [1.29, 1.82) is 0 Å². The Bertz CT molecular complexity index is 91.8. The van der Waals surface area contributed by atoms with Crippen LogP contribution >= 0.6 is 0 Å². The molecule has 0 aliphatic carbocycles. The summed E-state index contributed by atoms with van der Waals surface area (Å²) in [5.41, 5.74) is 5.47. The summed E-state index contributed by atoms with van der Waals surface area (Å²) in [6.45, 7) is 11.7. The number of hydrogen-bond donors (Lipinski definition) is 1. The van der Waals surface area contributed by atoms with E-state index in [1.165, 1.54) is 0 Å². The fourth-order valence-corrected chi connectivity index (χ4v) is 1.40. The molecule has 3 nitrogen and oxygen atoms in total. The lowest BCUT2D eigenvalue weighted by Crippen LogP contribution is -2.43. The first-order valence-electron chi connectivity index (χ1n) is 4.99. The van der Waals surface area contributed by atoms with E-state index in [-0.39, 0.29) is 0 Å². The zero-order valence-electron chi connectivity index (χ0n) is 8.71. The molecule has 0 amide bonds. The van der Waals surface area contributed by atoms with Crippen molar-refractivity contribution in [2.24, 2.45) is 5.73 Å². The minimum atomic E-state index is 0.789. The third kappa shape index (κ3) is 4.04. The first-order valence-corrected chi connectivity index (χ1v) is 4.99. The molecular weight excluding hydrogens is 150 g/mol. The SMILES string of the molecule is CCN(CC)N(CC)CCCN. The van der Waals surface area contributed by atoms with Crippen LogP contribution in [0.25, 0.3) is 0 Å². The highest BCUT2D eigenvalue weighted by Gasteiger charge is 2.07. The van der Waals surface area contributed by atoms with E-state index in [1.807, 2.05) is 0 Å². The molecular formula is C9H23N3. The largest absolute Gasteiger partial charge is 0.330 e. The first kappa shape index (κ1) is 11.9. The van der Waals surface area contributed by atoms with Crippen LogP contribution in [0.3, 0.4) is 0 Å². The van der Waals surface area contributed by atoms with Gasteiger partial charge in [0, 0.05) is 26.2 Å². The van der Waals surface area contributed by atoms with Gasteiger partial charge in [0.05, 0.1) is 0 Å². The average Bonchev–Trinajstić information content (AvgIpc) is 2.12. The zero-order valence-corrected chi connectivity index (χ0v) is 8.71. The average molecular weight is 173 g/mol. The number of rotatable bonds is 7. The van der Waals surface area contributed by atoms with E-state index in [2.05, 4.69) is 30.8 Å². The summed E-state index contributed by atoms with van der Waals surface area (Å²) >= 11 is 0. The van der Waals surface area contributed by atoms with E-state index in [0.717, 1.165) is 39.1 Å². The molecule has 0 rings (SSSR count). The molecule has 0 aromatic heterocycles. The Labute approximate surface area is 76.5 Å². The normalized spacial score (nSPS) is 11.5. The summed E-state index contributed by atoms with van der Waals surface area (Å²) in [5, 5.41) is 4.72. The second-order valence-electron chi connectivity index (χ2n) is 2.83. The van der Waals surface area contributed by atoms with E-state index in [1.54, 1.807) is 0 Å². The first-order chi connectivity index (χ1) is 5.79. The standard InChI is InChI=1S/C9H23N3/c1-4-11(5-2)12(6-3)9-7-8-10/h4-10H2,1-3H3. The van der Waals surface area contributed by atoms with Crippen LogP contribution in [-0.4, -0.2) is 42.7 Å². The lowest BCUT2D eigenvalue weighted by atomic mass is 10.4. The molecule has 0 aliphatic heterocycles. The Kier molecular flexibility index (Phi) is 7.45. The maximum absolute atomic E-state index is 5.47. The summed E-state index contributed by atoms with van der Waals surface area (Å²) < 4.78 is 0. The van der Waals surface area contributed by atoms with Crippen molar-refractivity contribution in [2.75, 3.05) is 32.7 Å². The number of nitrogens with zero attached hydrogens (tertiary/aromatic N) is 2. The Morgan fingerprint density at radius 3 is 1.75 bits per heavy atom. The van der Waals surface area contributed by atoms with Crippen LogP contribution < -0.4 is 5.73 Å². The molecule has 0 radical (unpaired) electrons. The van der Waals surface area contributed by atoms with E-state index in [9.17, 15) is 0 Å². The predicted molar refractivity (Wildman–Crippen MR) is 53.8 cm³/mol. The summed E-state index contributed by atoms with van der Waals surface area (Å²) in [6, 6.07) is 0. The third-order valence-electron chi connectivity index (χ3n) is 2.12. The maximum atomic E-state index is 5.47. The van der Waals surface area contributed by atoms with Gasteiger partial charge in [0.2, 0.25) is 0 Å². The fourth-order valence-electron chi connectivity index (χ4n) is 1.40. The zero-order chi connectivity index (χ0) is 9.40. The van der Waals surface area contributed by atoms with Gasteiger partial charge in [-0.15, -0.1) is 0 Å². The van der Waals surface area contributed by atoms with Crippen molar-refractivity contribution < 1.29 is 0 Å². The number of nitrogens with two attached hydrogens (primary N) is 1. The molecule has 3 heteroatoms. The van der Waals surface area contributed by atoms with Crippen LogP contribution in [0.5, 0.6) is 0 Å². The molecule has 0 bridgehead atoms. The number of hydrogen-bond acceptors (Lipinski definition) is 3. The minimum Gasteiger partial charge on any atom is -0.330 e. The fraction of sp³-hybridized carbons (Fsp3) is 1.00. The lowest BCUT2D eigenvalue weighted by Gasteiger charge is -2.32. The van der Waals surface area contributed by atoms with Crippen molar-refractivity contribution in [3.8, 4) is 0 Å². The van der Waals surface area contributed by atoms with Crippen LogP contribution in [0.2, 0.25) is 0 Å². The monoisotopic (exact) mass is 173 g/mol. The molecule has 0 saturated carbocycles. The topological polar surface area (TPSA) is 32.5 Å². The molecule has 0 aromatic rings. The molecule has 0 unspecified atom stereocenters. The quantitative estimate of drug-likeness (QED) is 0.581. The van der Waals surface area contributed by atoms with Crippen LogP contribution in [0.1, 0.15) is 27.2 Å². The highest BCUT2D eigenvalue weighted by Crippen LogP contribution is 1.97. The van der Waals surface area contributed by atoms with Gasteiger partial charge in [-0.3, -0.25) is 0 Å². The molecule has 0 fully saturated rings. The highest BCUT2D eigenvalue weighted by molar-refractivity contribution is 4.53. The minimum absolute atomic E-state index is 0.789. The van der Waals surface area contributed by atoms with Gasteiger partial charge < -0.3 is 5.73 Å². The van der Waals surface area contributed by atoms with Crippen LogP contribution in [0.4, 0.5) is 0 Å². The molecule has 0 aromatic carbocycles. The molecule has 2 N–H and O–H groups in total. The third-order valence-corrected chi connectivity index (χ3v) is 2.12. The molecule has 74 valence electrons. The predicted octanol–water partition coefficient (Wildman–Crippen LogP) is 0.914. The van der Waals surface area contributed by atoms with Gasteiger partial charge in [-0.1, -0.05) is 20.8 Å². The van der Waals surface area contributed by atoms with E-state index in [4.69, 9.17) is 5.73 Å². The van der Waals surface area contributed by atoms with Gasteiger partial charge in [0.25, 0.3) is 0 Å². The van der Waals surface area contributed by atoms with Gasteiger partial charge in [-0.2, -0.15) is 0 Å². The van der Waals surface area contributed by atoms with Gasteiger partial charge in [0.15, 0.2) is 0 Å². The van der Waals surface area contributed by atoms with Gasteiger partial charge >= 0.3 is 0 Å². The van der Waals surface area contributed by atoms with Crippen molar-refractivity contribution in [3.63, 3.8) is 0 Å². The molecule has 0 spiro atoms. The van der Waals surface area contributed by atoms with Crippen LogP contribution in [-0.2, 0) is 0 Å². The van der Waals surface area contributed by atoms with E-state index in [0.29, 0.717) is 0 Å². The molecule has 0 aliphatic rings. The maximum Gasteiger partial charge on any atom is 0.0145 e. The summed E-state index contributed by atoms with van der Waals surface area (Å²) in [4.78, 5) is 0. The smallest absolute Gasteiger partial charge is 0.0145 e. The Balaban J connectivity index is 3.75. The van der Waals surface area contributed by atoms with Crippen molar-refractivity contribution in [1.82, 2.24) is 10.0 Å². The summed E-state index contributed by atoms with van der Waals surface area (Å²) in [7, 11) is 0. The van der Waals surface area contributed by atoms with Gasteiger partial charge in [-0.25, -0.2) is 10.0 Å². The second kappa shape index (κ2) is 7.53. The summed E-state index contributed by atoms with van der Waals surface area (Å²) in [6.07, 6.45) is 1.09.